The largest absolute Gasteiger partial charge is 0.449 e. The van der Waals surface area contributed by atoms with E-state index in [9.17, 15) is 4.79 Å². The molecule has 0 spiro atoms. The first kappa shape index (κ1) is 15.0. The van der Waals surface area contributed by atoms with Crippen LogP contribution in [0.1, 0.15) is 64.4 Å². The van der Waals surface area contributed by atoms with Crippen molar-refractivity contribution in [2.75, 3.05) is 0 Å². The number of rotatable bonds is 1. The summed E-state index contributed by atoms with van der Waals surface area (Å²) in [4.78, 5) is 11.6. The lowest BCUT2D eigenvalue weighted by Gasteiger charge is -2.24. The highest BCUT2D eigenvalue weighted by molar-refractivity contribution is 5.90. The predicted octanol–water partition coefficient (Wildman–Crippen LogP) is 3.81. The van der Waals surface area contributed by atoms with E-state index < -0.39 is 11.6 Å². The Morgan fingerprint density at radius 2 is 1.14 bits per heavy atom. The van der Waals surface area contributed by atoms with Crippen molar-refractivity contribution in [3.63, 3.8) is 0 Å². The van der Waals surface area contributed by atoms with E-state index in [1.54, 1.807) is 0 Å². The minimum Gasteiger partial charge on any atom is -0.449 e. The van der Waals surface area contributed by atoms with Crippen molar-refractivity contribution >= 4 is 6.29 Å². The molecule has 1 aromatic rings. The Bertz CT molecular complexity index is 620. The van der Waals surface area contributed by atoms with Crippen LogP contribution in [0.3, 0.4) is 0 Å². The maximum atomic E-state index is 11.6. The number of hydrogen-bond acceptors (Lipinski definition) is 5. The number of ether oxygens (including phenoxy) is 4. The van der Waals surface area contributed by atoms with Crippen LogP contribution in [0.15, 0.2) is 0 Å². The summed E-state index contributed by atoms with van der Waals surface area (Å²) in [6.45, 7) is 13.4. The van der Waals surface area contributed by atoms with E-state index in [0.717, 1.165) is 11.8 Å². The van der Waals surface area contributed by atoms with Crippen molar-refractivity contribution in [1.29, 1.82) is 0 Å². The molecule has 22 heavy (non-hydrogen) atoms. The van der Waals surface area contributed by atoms with Crippen molar-refractivity contribution in [3.8, 4) is 23.0 Å². The fourth-order valence-corrected chi connectivity index (χ4v) is 2.89. The lowest BCUT2D eigenvalue weighted by molar-refractivity contribution is -0.0494. The van der Waals surface area contributed by atoms with Gasteiger partial charge in [0.2, 0.25) is 11.6 Å². The van der Waals surface area contributed by atoms with Gasteiger partial charge in [-0.25, -0.2) is 0 Å². The van der Waals surface area contributed by atoms with Gasteiger partial charge in [-0.2, -0.15) is 0 Å². The van der Waals surface area contributed by atoms with Gasteiger partial charge in [-0.3, -0.25) is 4.79 Å². The van der Waals surface area contributed by atoms with Gasteiger partial charge in [0, 0.05) is 33.3 Å². The van der Waals surface area contributed by atoms with E-state index in [1.807, 2.05) is 27.7 Å². The fraction of sp³-hybridized carbons (Fsp3) is 0.588. The molecule has 2 aliphatic heterocycles. The number of fused-ring (bicyclic) bond motifs is 2. The maximum Gasteiger partial charge on any atom is 0.246 e. The second-order valence-corrected chi connectivity index (χ2v) is 7.68. The molecule has 5 heteroatoms. The van der Waals surface area contributed by atoms with Gasteiger partial charge < -0.3 is 18.9 Å². The zero-order valence-corrected chi connectivity index (χ0v) is 14.1. The normalized spacial score (nSPS) is 20.1. The molecule has 0 unspecified atom stereocenters. The molecule has 0 aromatic heterocycles. The third-order valence-corrected chi connectivity index (χ3v) is 3.62. The average Bonchev–Trinajstić information content (AvgIpc) is 2.77. The summed E-state index contributed by atoms with van der Waals surface area (Å²) in [6.07, 6.45) is 0.736. The highest BCUT2D eigenvalue weighted by Crippen LogP contribution is 2.59. The molecule has 120 valence electrons. The minimum atomic E-state index is -0.829. The summed E-state index contributed by atoms with van der Waals surface area (Å²) in [7, 11) is 0. The SMILES string of the molecule is CC1(C)Oc2c(C=O)c3c(c(C(C)(C)C)c2O1)OC(C)(C)O3. The van der Waals surface area contributed by atoms with Crippen LogP contribution in [-0.2, 0) is 5.41 Å². The summed E-state index contributed by atoms with van der Waals surface area (Å²) in [5, 5.41) is 0. The van der Waals surface area contributed by atoms with Gasteiger partial charge in [0.15, 0.2) is 29.3 Å². The molecule has 2 aliphatic rings. The van der Waals surface area contributed by atoms with Crippen LogP contribution in [0.4, 0.5) is 0 Å². The second kappa shape index (κ2) is 4.09. The van der Waals surface area contributed by atoms with Crippen molar-refractivity contribution in [1.82, 2.24) is 0 Å². The molecule has 0 saturated heterocycles. The van der Waals surface area contributed by atoms with Crippen LogP contribution in [0.25, 0.3) is 0 Å². The third kappa shape index (κ3) is 2.11. The molecular weight excluding hydrogens is 284 g/mol. The maximum absolute atomic E-state index is 11.6. The number of aldehydes is 1. The fourth-order valence-electron chi connectivity index (χ4n) is 2.89. The van der Waals surface area contributed by atoms with E-state index in [-0.39, 0.29) is 5.41 Å². The van der Waals surface area contributed by atoms with Gasteiger partial charge in [0.25, 0.3) is 0 Å². The first-order valence-electron chi connectivity index (χ1n) is 7.41. The molecule has 0 bridgehead atoms. The van der Waals surface area contributed by atoms with Crippen LogP contribution in [0, 0.1) is 0 Å². The summed E-state index contributed by atoms with van der Waals surface area (Å²) >= 11 is 0. The van der Waals surface area contributed by atoms with E-state index in [4.69, 9.17) is 18.9 Å². The standard InChI is InChI=1S/C17H22O5/c1-15(2,3)10-13-11(19-16(4,5)21-13)9(8-18)12-14(10)22-17(6,7)20-12/h8H,1-7H3. The minimum absolute atomic E-state index is 0.261. The van der Waals surface area contributed by atoms with E-state index in [0.29, 0.717) is 28.6 Å². The van der Waals surface area contributed by atoms with Gasteiger partial charge in [-0.1, -0.05) is 20.8 Å². The first-order valence-corrected chi connectivity index (χ1v) is 7.41. The van der Waals surface area contributed by atoms with Crippen LogP contribution < -0.4 is 18.9 Å². The Kier molecular flexibility index (Phi) is 2.79. The molecule has 2 heterocycles. The number of hydrogen-bond donors (Lipinski definition) is 0. The van der Waals surface area contributed by atoms with Gasteiger partial charge in [-0.05, 0) is 5.41 Å². The van der Waals surface area contributed by atoms with Crippen LogP contribution >= 0.6 is 0 Å². The molecule has 0 atom stereocenters. The Morgan fingerprint density at radius 1 is 0.773 bits per heavy atom. The highest BCUT2D eigenvalue weighted by atomic mass is 16.7. The Balaban J connectivity index is 2.36. The zero-order valence-electron chi connectivity index (χ0n) is 14.1. The molecule has 5 nitrogen and oxygen atoms in total. The Labute approximate surface area is 130 Å². The molecular formula is C17H22O5. The third-order valence-electron chi connectivity index (χ3n) is 3.62. The molecule has 3 rings (SSSR count). The average molecular weight is 306 g/mol. The van der Waals surface area contributed by atoms with E-state index in [2.05, 4.69) is 20.8 Å². The molecule has 0 N–H and O–H groups in total. The van der Waals surface area contributed by atoms with Gasteiger partial charge in [-0.15, -0.1) is 0 Å². The Hall–Kier alpha value is -1.91. The molecule has 0 radical (unpaired) electrons. The molecule has 0 amide bonds. The van der Waals surface area contributed by atoms with Gasteiger partial charge >= 0.3 is 0 Å². The second-order valence-electron chi connectivity index (χ2n) is 7.68. The molecule has 0 saturated carbocycles. The monoisotopic (exact) mass is 306 g/mol. The van der Waals surface area contributed by atoms with Crippen LogP contribution in [0.5, 0.6) is 23.0 Å². The number of carbonyl (C=O) groups excluding carboxylic acids is 1. The zero-order chi connectivity index (χ0) is 16.5. The van der Waals surface area contributed by atoms with Gasteiger partial charge in [0.05, 0.1) is 0 Å². The van der Waals surface area contributed by atoms with Crippen molar-refractivity contribution in [2.24, 2.45) is 0 Å². The van der Waals surface area contributed by atoms with E-state index >= 15 is 0 Å². The van der Waals surface area contributed by atoms with E-state index in [1.165, 1.54) is 0 Å². The predicted molar refractivity (Wildman–Crippen MR) is 81.2 cm³/mol. The quantitative estimate of drug-likeness (QED) is 0.738. The summed E-state index contributed by atoms with van der Waals surface area (Å²) in [6, 6.07) is 0. The summed E-state index contributed by atoms with van der Waals surface area (Å²) in [5.74, 6) is 0.351. The molecule has 0 fully saturated rings. The Morgan fingerprint density at radius 3 is 1.45 bits per heavy atom. The van der Waals surface area contributed by atoms with Crippen molar-refractivity contribution < 1.29 is 23.7 Å². The highest BCUT2D eigenvalue weighted by Gasteiger charge is 2.47. The first-order chi connectivity index (χ1) is 9.95. The lowest BCUT2D eigenvalue weighted by Crippen LogP contribution is -2.31. The van der Waals surface area contributed by atoms with Crippen LogP contribution in [-0.4, -0.2) is 17.9 Å². The summed E-state index contributed by atoms with van der Waals surface area (Å²) in [5.41, 5.74) is 0.941. The topological polar surface area (TPSA) is 54.0 Å². The number of carbonyl (C=O) groups is 1. The molecule has 0 aliphatic carbocycles. The smallest absolute Gasteiger partial charge is 0.246 e. The van der Waals surface area contributed by atoms with Crippen molar-refractivity contribution in [3.05, 3.63) is 11.1 Å². The lowest BCUT2D eigenvalue weighted by atomic mass is 9.84. The molecule has 1 aromatic carbocycles. The van der Waals surface area contributed by atoms with Gasteiger partial charge in [0.1, 0.15) is 5.56 Å². The number of benzene rings is 1. The van der Waals surface area contributed by atoms with Crippen LogP contribution in [0.2, 0.25) is 0 Å². The van der Waals surface area contributed by atoms with Crippen molar-refractivity contribution in [2.45, 2.75) is 65.5 Å². The summed E-state index contributed by atoms with van der Waals surface area (Å²) < 4.78 is 23.7.